The molecule has 0 aromatic heterocycles. The zero-order chi connectivity index (χ0) is 22.8. The fourth-order valence-electron chi connectivity index (χ4n) is 3.60. The lowest BCUT2D eigenvalue weighted by molar-refractivity contribution is 0.218. The van der Waals surface area contributed by atoms with Crippen LogP contribution in [-0.2, 0) is 39.2 Å². The van der Waals surface area contributed by atoms with Gasteiger partial charge in [-0.2, -0.15) is 0 Å². The second kappa shape index (κ2) is 12.0. The van der Waals surface area contributed by atoms with Gasteiger partial charge in [-0.25, -0.2) is 0 Å². The Kier molecular flexibility index (Phi) is 9.11. The molecule has 3 aromatic rings. The summed E-state index contributed by atoms with van der Waals surface area (Å²) < 4.78 is 30.5. The van der Waals surface area contributed by atoms with Crippen molar-refractivity contribution in [2.45, 2.75) is 46.4 Å². The third-order valence-corrected chi connectivity index (χ3v) is 7.25. The first kappa shape index (κ1) is 24.3. The van der Waals surface area contributed by atoms with Gasteiger partial charge in [-0.05, 0) is 55.0 Å². The van der Waals surface area contributed by atoms with Crippen LogP contribution in [0.3, 0.4) is 0 Å². The summed E-state index contributed by atoms with van der Waals surface area (Å²) in [6.07, 6.45) is 2.01. The van der Waals surface area contributed by atoms with Crippen LogP contribution in [0.5, 0.6) is 5.75 Å². The molecule has 0 bridgehead atoms. The van der Waals surface area contributed by atoms with Crippen LogP contribution in [0.25, 0.3) is 0 Å². The molecule has 5 heteroatoms. The Morgan fingerprint density at radius 3 is 1.97 bits per heavy atom. The topological polar surface area (TPSA) is 44.8 Å². The van der Waals surface area contributed by atoms with E-state index in [9.17, 15) is 4.57 Å². The summed E-state index contributed by atoms with van der Waals surface area (Å²) in [6, 6.07) is 24.8. The van der Waals surface area contributed by atoms with Gasteiger partial charge in [-0.15, -0.1) is 0 Å². The van der Waals surface area contributed by atoms with Gasteiger partial charge in [0, 0.05) is 5.56 Å². The number of aryl methyl sites for hydroxylation is 1. The minimum Gasteiger partial charge on any atom is -0.489 e. The number of hydrogen-bond acceptors (Lipinski definition) is 4. The molecule has 0 amide bonds. The van der Waals surface area contributed by atoms with Gasteiger partial charge in [-0.3, -0.25) is 4.57 Å². The molecule has 0 saturated heterocycles. The molecule has 3 aromatic carbocycles. The fourth-order valence-corrected chi connectivity index (χ4v) is 5.31. The molecule has 0 heterocycles. The van der Waals surface area contributed by atoms with Crippen molar-refractivity contribution in [3.8, 4) is 5.75 Å². The Morgan fingerprint density at radius 2 is 1.34 bits per heavy atom. The van der Waals surface area contributed by atoms with Gasteiger partial charge in [0.2, 0.25) is 0 Å². The predicted molar refractivity (Wildman–Crippen MR) is 130 cm³/mol. The van der Waals surface area contributed by atoms with Gasteiger partial charge in [0.1, 0.15) is 12.4 Å². The van der Waals surface area contributed by atoms with E-state index in [0.717, 1.165) is 29.5 Å². The Labute approximate surface area is 192 Å². The van der Waals surface area contributed by atoms with Crippen LogP contribution < -0.4 is 4.74 Å². The van der Waals surface area contributed by atoms with E-state index in [-0.39, 0.29) is 6.16 Å². The third-order valence-electron chi connectivity index (χ3n) is 5.22. The highest BCUT2D eigenvalue weighted by Gasteiger charge is 2.26. The van der Waals surface area contributed by atoms with Crippen molar-refractivity contribution in [3.05, 3.63) is 101 Å². The second-order valence-corrected chi connectivity index (χ2v) is 9.72. The summed E-state index contributed by atoms with van der Waals surface area (Å²) in [5.41, 5.74) is 5.62. The normalized spacial score (nSPS) is 11.5. The summed E-state index contributed by atoms with van der Waals surface area (Å²) in [4.78, 5) is 0. The van der Waals surface area contributed by atoms with E-state index in [4.69, 9.17) is 13.8 Å². The molecule has 170 valence electrons. The maximum absolute atomic E-state index is 13.2. The first-order chi connectivity index (χ1) is 15.5. The van der Waals surface area contributed by atoms with Crippen molar-refractivity contribution in [2.75, 3.05) is 13.2 Å². The van der Waals surface area contributed by atoms with E-state index < -0.39 is 7.60 Å². The molecule has 0 spiro atoms. The molecule has 32 heavy (non-hydrogen) atoms. The van der Waals surface area contributed by atoms with E-state index in [2.05, 4.69) is 43.3 Å². The van der Waals surface area contributed by atoms with Crippen molar-refractivity contribution in [1.29, 1.82) is 0 Å². The van der Waals surface area contributed by atoms with Gasteiger partial charge in [-0.1, -0.05) is 73.7 Å². The third kappa shape index (κ3) is 7.06. The van der Waals surface area contributed by atoms with Gasteiger partial charge in [0.25, 0.3) is 0 Å². The van der Waals surface area contributed by atoms with Crippen LogP contribution >= 0.6 is 7.60 Å². The average Bonchev–Trinajstić information content (AvgIpc) is 2.80. The zero-order valence-electron chi connectivity index (χ0n) is 19.3. The highest BCUT2D eigenvalue weighted by Crippen LogP contribution is 2.52. The lowest BCUT2D eigenvalue weighted by Gasteiger charge is -2.20. The second-order valence-electron chi connectivity index (χ2n) is 7.67. The Balaban J connectivity index is 1.86. The van der Waals surface area contributed by atoms with Crippen molar-refractivity contribution < 1.29 is 18.3 Å². The van der Waals surface area contributed by atoms with Crippen molar-refractivity contribution in [3.63, 3.8) is 0 Å². The molecule has 0 aliphatic heterocycles. The molecule has 0 aliphatic rings. The highest BCUT2D eigenvalue weighted by atomic mass is 31.2. The Hall–Kier alpha value is -2.39. The number of benzene rings is 3. The van der Waals surface area contributed by atoms with E-state index in [1.807, 2.05) is 50.2 Å². The van der Waals surface area contributed by atoms with Gasteiger partial charge < -0.3 is 13.8 Å². The quantitative estimate of drug-likeness (QED) is 0.273. The molecule has 0 atom stereocenters. The van der Waals surface area contributed by atoms with Crippen LogP contribution in [0.4, 0.5) is 0 Å². The zero-order valence-corrected chi connectivity index (χ0v) is 20.1. The lowest BCUT2D eigenvalue weighted by Crippen LogP contribution is -2.04. The Bertz CT molecular complexity index is 1010. The molecule has 4 nitrogen and oxygen atoms in total. The highest BCUT2D eigenvalue weighted by molar-refractivity contribution is 7.53. The monoisotopic (exact) mass is 452 g/mol. The first-order valence-corrected chi connectivity index (χ1v) is 13.0. The van der Waals surface area contributed by atoms with E-state index in [0.29, 0.717) is 25.6 Å². The average molecular weight is 453 g/mol. The van der Waals surface area contributed by atoms with E-state index in [1.54, 1.807) is 0 Å². The standard InChI is InChI=1S/C27H33O4P/c1-4-22-12-14-23(15-13-22)18-25-16-17-27(29-20-24-10-8-7-9-11-24)26(19-25)21-32(28,30-5-2)31-6-3/h7-17,19H,4-6,18,20-21H2,1-3H3. The lowest BCUT2D eigenvalue weighted by atomic mass is 10.0. The van der Waals surface area contributed by atoms with Crippen LogP contribution in [0.15, 0.2) is 72.8 Å². The first-order valence-electron chi connectivity index (χ1n) is 11.3. The van der Waals surface area contributed by atoms with Crippen LogP contribution in [0, 0.1) is 0 Å². The fraction of sp³-hybridized carbons (Fsp3) is 0.333. The molecular weight excluding hydrogens is 419 g/mol. The summed E-state index contributed by atoms with van der Waals surface area (Å²) in [5, 5.41) is 0. The molecule has 3 rings (SSSR count). The summed E-state index contributed by atoms with van der Waals surface area (Å²) in [7, 11) is -3.26. The maximum atomic E-state index is 13.2. The van der Waals surface area contributed by atoms with Crippen LogP contribution in [-0.4, -0.2) is 13.2 Å². The molecule has 0 fully saturated rings. The van der Waals surface area contributed by atoms with Gasteiger partial charge in [0.05, 0.1) is 19.4 Å². The molecule has 0 N–H and O–H groups in total. The Morgan fingerprint density at radius 1 is 0.719 bits per heavy atom. The van der Waals surface area contributed by atoms with Crippen molar-refractivity contribution in [2.24, 2.45) is 0 Å². The molecule has 0 radical (unpaired) electrons. The van der Waals surface area contributed by atoms with Crippen molar-refractivity contribution in [1.82, 2.24) is 0 Å². The molecule has 0 aliphatic carbocycles. The minimum absolute atomic E-state index is 0.182. The van der Waals surface area contributed by atoms with Crippen molar-refractivity contribution >= 4 is 7.60 Å². The number of rotatable bonds is 12. The SMILES string of the molecule is CCOP(=O)(Cc1cc(Cc2ccc(CC)cc2)ccc1OCc1ccccc1)OCC. The smallest absolute Gasteiger partial charge is 0.335 e. The van der Waals surface area contributed by atoms with E-state index >= 15 is 0 Å². The van der Waals surface area contributed by atoms with Crippen LogP contribution in [0.1, 0.15) is 48.6 Å². The largest absolute Gasteiger partial charge is 0.489 e. The molecule has 0 unspecified atom stereocenters. The van der Waals surface area contributed by atoms with Gasteiger partial charge >= 0.3 is 7.60 Å². The summed E-state index contributed by atoms with van der Waals surface area (Å²) in [6.45, 7) is 6.93. The maximum Gasteiger partial charge on any atom is 0.335 e. The minimum atomic E-state index is -3.26. The molecular formula is C27H33O4P. The number of hydrogen-bond donors (Lipinski definition) is 0. The van der Waals surface area contributed by atoms with Gasteiger partial charge in [0.15, 0.2) is 0 Å². The summed E-state index contributed by atoms with van der Waals surface area (Å²) >= 11 is 0. The molecule has 0 saturated carbocycles. The van der Waals surface area contributed by atoms with E-state index in [1.165, 1.54) is 11.1 Å². The predicted octanol–water partition coefficient (Wildman–Crippen LogP) is 7.18. The number of ether oxygens (including phenoxy) is 1. The summed E-state index contributed by atoms with van der Waals surface area (Å²) in [5.74, 6) is 0.707. The van der Waals surface area contributed by atoms with Crippen LogP contribution in [0.2, 0.25) is 0 Å².